The van der Waals surface area contributed by atoms with Crippen molar-refractivity contribution in [2.24, 2.45) is 5.73 Å². The molecule has 0 aliphatic rings. The molecule has 1 amide bonds. The fourth-order valence-corrected chi connectivity index (χ4v) is 0.834. The Labute approximate surface area is 86.2 Å². The van der Waals surface area contributed by atoms with Gasteiger partial charge in [-0.1, -0.05) is 6.92 Å². The van der Waals surface area contributed by atoms with Gasteiger partial charge in [0, 0.05) is 6.54 Å². The van der Waals surface area contributed by atoms with Crippen LogP contribution >= 0.6 is 0 Å². The highest BCUT2D eigenvalue weighted by Crippen LogP contribution is 2.11. The van der Waals surface area contributed by atoms with E-state index >= 15 is 0 Å². The van der Waals surface area contributed by atoms with Crippen molar-refractivity contribution in [1.29, 1.82) is 0 Å². The van der Waals surface area contributed by atoms with Crippen LogP contribution in [0.25, 0.3) is 0 Å². The minimum atomic E-state index is -0.465. The summed E-state index contributed by atoms with van der Waals surface area (Å²) in [6.07, 6.45) is 0.371. The highest BCUT2D eigenvalue weighted by atomic mass is 16.6. The average molecular weight is 202 g/mol. The predicted octanol–water partition coefficient (Wildman–Crippen LogP) is 1.64. The average Bonchev–Trinajstić information content (AvgIpc) is 2.00. The Bertz CT molecular complexity index is 193. The first-order chi connectivity index (χ1) is 6.22. The normalized spacial score (nSPS) is 15.9. The Kier molecular flexibility index (Phi) is 4.39. The lowest BCUT2D eigenvalue weighted by Crippen LogP contribution is -2.52. The maximum absolute atomic E-state index is 11.4. The van der Waals surface area contributed by atoms with Gasteiger partial charge in [-0.25, -0.2) is 4.79 Å². The van der Waals surface area contributed by atoms with Crippen LogP contribution in [0.2, 0.25) is 0 Å². The summed E-state index contributed by atoms with van der Waals surface area (Å²) in [6.45, 7) is 9.78. The van der Waals surface area contributed by atoms with Crippen LogP contribution in [0.4, 0.5) is 4.79 Å². The molecule has 0 saturated heterocycles. The van der Waals surface area contributed by atoms with E-state index in [-0.39, 0.29) is 5.54 Å². The van der Waals surface area contributed by atoms with Crippen LogP contribution in [-0.2, 0) is 4.74 Å². The molecule has 0 radical (unpaired) electrons. The molecule has 4 heteroatoms. The van der Waals surface area contributed by atoms with Crippen molar-refractivity contribution in [2.45, 2.75) is 52.2 Å². The number of hydrogen-bond donors (Lipinski definition) is 2. The molecule has 0 spiro atoms. The lowest BCUT2D eigenvalue weighted by atomic mass is 10.00. The van der Waals surface area contributed by atoms with E-state index in [9.17, 15) is 4.79 Å². The summed E-state index contributed by atoms with van der Waals surface area (Å²) in [7, 11) is 0. The third-order valence-corrected chi connectivity index (χ3v) is 2.03. The molecule has 4 nitrogen and oxygen atoms in total. The van der Waals surface area contributed by atoms with Gasteiger partial charge in [-0.2, -0.15) is 0 Å². The summed E-state index contributed by atoms with van der Waals surface area (Å²) in [6, 6.07) is 0. The molecule has 0 rings (SSSR count). The molecule has 14 heavy (non-hydrogen) atoms. The molecule has 1 atom stereocenters. The maximum Gasteiger partial charge on any atom is 0.408 e. The molecular formula is C10H22N2O2. The Morgan fingerprint density at radius 1 is 1.36 bits per heavy atom. The van der Waals surface area contributed by atoms with Gasteiger partial charge in [-0.3, -0.25) is 0 Å². The summed E-state index contributed by atoms with van der Waals surface area (Å²) < 4.78 is 5.13. The number of carbonyl (C=O) groups excluding carboxylic acids is 1. The van der Waals surface area contributed by atoms with Gasteiger partial charge >= 0.3 is 6.09 Å². The third kappa shape index (κ3) is 5.07. The Morgan fingerprint density at radius 2 is 1.86 bits per heavy atom. The molecule has 0 aromatic rings. The molecule has 3 N–H and O–H groups in total. The van der Waals surface area contributed by atoms with Gasteiger partial charge in [-0.15, -0.1) is 0 Å². The van der Waals surface area contributed by atoms with E-state index in [2.05, 4.69) is 5.32 Å². The second-order valence-corrected chi connectivity index (χ2v) is 4.75. The first-order valence-corrected chi connectivity index (χ1v) is 4.93. The number of ether oxygens (including phenoxy) is 1. The van der Waals surface area contributed by atoms with Gasteiger partial charge < -0.3 is 15.8 Å². The third-order valence-electron chi connectivity index (χ3n) is 2.03. The van der Waals surface area contributed by atoms with E-state index in [1.165, 1.54) is 0 Å². The van der Waals surface area contributed by atoms with E-state index in [0.29, 0.717) is 6.54 Å². The minimum Gasteiger partial charge on any atom is -0.444 e. The molecule has 0 aromatic heterocycles. The molecule has 84 valence electrons. The van der Waals surface area contributed by atoms with Crippen LogP contribution in [0.3, 0.4) is 0 Å². The van der Waals surface area contributed by atoms with Crippen molar-refractivity contribution in [1.82, 2.24) is 5.32 Å². The fourth-order valence-electron chi connectivity index (χ4n) is 0.834. The van der Waals surface area contributed by atoms with Gasteiger partial charge in [0.1, 0.15) is 5.60 Å². The van der Waals surface area contributed by atoms with E-state index in [1.54, 1.807) is 0 Å². The Morgan fingerprint density at radius 3 is 2.14 bits per heavy atom. The summed E-state index contributed by atoms with van der Waals surface area (Å²) in [4.78, 5) is 11.4. The van der Waals surface area contributed by atoms with Crippen molar-refractivity contribution >= 4 is 6.09 Å². The summed E-state index contributed by atoms with van der Waals surface area (Å²) in [5.74, 6) is 0. The van der Waals surface area contributed by atoms with Gasteiger partial charge in [-0.05, 0) is 34.1 Å². The molecule has 0 aromatic carbocycles. The molecule has 0 aliphatic carbocycles. The van der Waals surface area contributed by atoms with Crippen molar-refractivity contribution in [3.05, 3.63) is 0 Å². The zero-order chi connectivity index (χ0) is 11.4. The Balaban J connectivity index is 4.18. The SMILES string of the molecule is CC[C@@](C)(CN)NC(=O)OC(C)(C)C. The fraction of sp³-hybridized carbons (Fsp3) is 0.900. The van der Waals surface area contributed by atoms with Crippen LogP contribution < -0.4 is 11.1 Å². The quantitative estimate of drug-likeness (QED) is 0.731. The molecule has 0 bridgehead atoms. The predicted molar refractivity (Wildman–Crippen MR) is 57.1 cm³/mol. The second kappa shape index (κ2) is 4.64. The number of nitrogens with one attached hydrogen (secondary N) is 1. The van der Waals surface area contributed by atoms with Crippen LogP contribution in [0.15, 0.2) is 0 Å². The number of rotatable bonds is 3. The number of alkyl carbamates (subject to hydrolysis) is 1. The number of carbonyl (C=O) groups is 1. The van der Waals surface area contributed by atoms with Gasteiger partial charge in [0.25, 0.3) is 0 Å². The first kappa shape index (κ1) is 13.2. The number of nitrogens with two attached hydrogens (primary N) is 1. The smallest absolute Gasteiger partial charge is 0.408 e. The second-order valence-electron chi connectivity index (χ2n) is 4.75. The molecule has 0 heterocycles. The first-order valence-electron chi connectivity index (χ1n) is 4.93. The number of hydrogen-bond acceptors (Lipinski definition) is 3. The Hall–Kier alpha value is -0.770. The lowest BCUT2D eigenvalue weighted by molar-refractivity contribution is 0.0465. The van der Waals surface area contributed by atoms with E-state index in [1.807, 2.05) is 34.6 Å². The van der Waals surface area contributed by atoms with Crippen LogP contribution in [-0.4, -0.2) is 23.8 Å². The van der Waals surface area contributed by atoms with E-state index < -0.39 is 11.7 Å². The minimum absolute atomic E-state index is 0.373. The maximum atomic E-state index is 11.4. The van der Waals surface area contributed by atoms with Crippen molar-refractivity contribution in [3.63, 3.8) is 0 Å². The topological polar surface area (TPSA) is 64.3 Å². The zero-order valence-electron chi connectivity index (χ0n) is 9.81. The zero-order valence-corrected chi connectivity index (χ0v) is 9.81. The molecular weight excluding hydrogens is 180 g/mol. The van der Waals surface area contributed by atoms with Crippen molar-refractivity contribution < 1.29 is 9.53 Å². The molecule has 0 saturated carbocycles. The van der Waals surface area contributed by atoms with Crippen LogP contribution in [0, 0.1) is 0 Å². The molecule has 0 aliphatic heterocycles. The van der Waals surface area contributed by atoms with Gasteiger partial charge in [0.2, 0.25) is 0 Å². The summed E-state index contributed by atoms with van der Waals surface area (Å²) in [5.41, 5.74) is 4.72. The van der Waals surface area contributed by atoms with E-state index in [0.717, 1.165) is 6.42 Å². The van der Waals surface area contributed by atoms with E-state index in [4.69, 9.17) is 10.5 Å². The molecule has 0 unspecified atom stereocenters. The van der Waals surface area contributed by atoms with Crippen LogP contribution in [0.5, 0.6) is 0 Å². The van der Waals surface area contributed by atoms with Gasteiger partial charge in [0.15, 0.2) is 0 Å². The monoisotopic (exact) mass is 202 g/mol. The van der Waals surface area contributed by atoms with Crippen molar-refractivity contribution in [3.8, 4) is 0 Å². The van der Waals surface area contributed by atoms with Crippen LogP contribution in [0.1, 0.15) is 41.0 Å². The number of amides is 1. The van der Waals surface area contributed by atoms with Crippen molar-refractivity contribution in [2.75, 3.05) is 6.54 Å². The largest absolute Gasteiger partial charge is 0.444 e. The highest BCUT2D eigenvalue weighted by Gasteiger charge is 2.25. The summed E-state index contributed by atoms with van der Waals surface area (Å²) in [5, 5.41) is 2.76. The van der Waals surface area contributed by atoms with Gasteiger partial charge in [0.05, 0.1) is 5.54 Å². The molecule has 0 fully saturated rings. The lowest BCUT2D eigenvalue weighted by Gasteiger charge is -2.29. The standard InChI is InChI=1S/C10H22N2O2/c1-6-10(5,7-11)12-8(13)14-9(2,3)4/h6-7,11H2,1-5H3,(H,12,13)/t10-/m0/s1. The highest BCUT2D eigenvalue weighted by molar-refractivity contribution is 5.68. The summed E-state index contributed by atoms with van der Waals surface area (Å²) >= 11 is 0.